The lowest BCUT2D eigenvalue weighted by Gasteiger charge is -2.29. The Kier molecular flexibility index (Phi) is 17.1. The molecule has 0 aromatic heterocycles. The first-order valence-corrected chi connectivity index (χ1v) is 11.4. The fourth-order valence-corrected chi connectivity index (χ4v) is 5.74. The minimum atomic E-state index is -2.69. The average molecular weight is 450 g/mol. The van der Waals surface area contributed by atoms with E-state index in [-0.39, 0.29) is 0 Å². The fraction of sp³-hybridized carbons (Fsp3) is 1.00. The standard InChI is InChI=1S/C14H31IO6Si/c1-4-16-8-11-19-22(14-7-15,20-12-9-17-5-2)21-13-10-18-6-3/h4-14H2,1-3H3. The Morgan fingerprint density at radius 2 is 1.00 bits per heavy atom. The molecular formula is C14H31IO6Si. The summed E-state index contributed by atoms with van der Waals surface area (Å²) in [6.45, 7) is 11.1. The van der Waals surface area contributed by atoms with Crippen molar-refractivity contribution in [1.82, 2.24) is 0 Å². The van der Waals surface area contributed by atoms with Crippen molar-refractivity contribution >= 4 is 31.4 Å². The Labute approximate surface area is 149 Å². The van der Waals surface area contributed by atoms with E-state index < -0.39 is 8.80 Å². The Morgan fingerprint density at radius 1 is 0.636 bits per heavy atom. The zero-order chi connectivity index (χ0) is 16.5. The maximum absolute atomic E-state index is 5.99. The first kappa shape index (κ1) is 22.7. The van der Waals surface area contributed by atoms with Crippen LogP contribution in [0.5, 0.6) is 0 Å². The van der Waals surface area contributed by atoms with Gasteiger partial charge in [0.05, 0.1) is 39.6 Å². The van der Waals surface area contributed by atoms with Gasteiger partial charge in [0.25, 0.3) is 0 Å². The lowest BCUT2D eigenvalue weighted by atomic mass is 10.8. The highest BCUT2D eigenvalue weighted by Crippen LogP contribution is 2.17. The van der Waals surface area contributed by atoms with Gasteiger partial charge >= 0.3 is 8.80 Å². The van der Waals surface area contributed by atoms with Crippen molar-refractivity contribution in [2.75, 3.05) is 63.9 Å². The molecule has 0 rings (SSSR count). The molecule has 0 saturated heterocycles. The Bertz CT molecular complexity index is 204. The Morgan fingerprint density at radius 3 is 1.27 bits per heavy atom. The Hall–Kier alpha value is 0.707. The molecule has 6 nitrogen and oxygen atoms in total. The molecule has 0 amide bonds. The van der Waals surface area contributed by atoms with E-state index in [0.29, 0.717) is 59.5 Å². The number of halogens is 1. The molecule has 134 valence electrons. The van der Waals surface area contributed by atoms with Crippen LogP contribution in [0.2, 0.25) is 6.04 Å². The van der Waals surface area contributed by atoms with Gasteiger partial charge in [-0.15, -0.1) is 0 Å². The van der Waals surface area contributed by atoms with Gasteiger partial charge in [-0.05, 0) is 20.8 Å². The highest BCUT2D eigenvalue weighted by Gasteiger charge is 2.40. The molecule has 8 heteroatoms. The topological polar surface area (TPSA) is 55.4 Å². The normalized spacial score (nSPS) is 12.0. The molecule has 0 radical (unpaired) electrons. The summed E-state index contributed by atoms with van der Waals surface area (Å²) in [5.41, 5.74) is 0. The van der Waals surface area contributed by atoms with Gasteiger partial charge in [0.15, 0.2) is 0 Å². The van der Waals surface area contributed by atoms with E-state index in [1.807, 2.05) is 20.8 Å². The van der Waals surface area contributed by atoms with Crippen LogP contribution >= 0.6 is 22.6 Å². The van der Waals surface area contributed by atoms with Gasteiger partial charge in [-0.3, -0.25) is 0 Å². The SMILES string of the molecule is CCOCCO[Si](CCI)(OCCOCC)OCCOCC. The van der Waals surface area contributed by atoms with Crippen LogP contribution < -0.4 is 0 Å². The molecule has 0 spiro atoms. The highest BCUT2D eigenvalue weighted by molar-refractivity contribution is 14.1. The third kappa shape index (κ3) is 12.2. The monoisotopic (exact) mass is 450 g/mol. The van der Waals surface area contributed by atoms with Crippen LogP contribution in [0.1, 0.15) is 20.8 Å². The molecule has 0 aromatic rings. The van der Waals surface area contributed by atoms with Crippen LogP contribution in [0.3, 0.4) is 0 Å². The smallest absolute Gasteiger partial charge is 0.379 e. The molecule has 0 saturated carbocycles. The molecular weight excluding hydrogens is 419 g/mol. The van der Waals surface area contributed by atoms with Crippen molar-refractivity contribution in [3.63, 3.8) is 0 Å². The summed E-state index contributed by atoms with van der Waals surface area (Å²) in [6.07, 6.45) is 0. The molecule has 0 atom stereocenters. The van der Waals surface area contributed by atoms with Crippen LogP contribution in [0.25, 0.3) is 0 Å². The highest BCUT2D eigenvalue weighted by atomic mass is 127. The van der Waals surface area contributed by atoms with E-state index in [4.69, 9.17) is 27.5 Å². The Balaban J connectivity index is 4.39. The molecule has 0 fully saturated rings. The van der Waals surface area contributed by atoms with Crippen LogP contribution in [0.4, 0.5) is 0 Å². The molecule has 0 bridgehead atoms. The first-order chi connectivity index (χ1) is 10.7. The quantitative estimate of drug-likeness (QED) is 0.147. The third-order valence-electron chi connectivity index (χ3n) is 2.66. The molecule has 0 heterocycles. The summed E-state index contributed by atoms with van der Waals surface area (Å²) in [6, 6.07) is 0.776. The maximum atomic E-state index is 5.99. The second-order valence-electron chi connectivity index (χ2n) is 4.26. The van der Waals surface area contributed by atoms with E-state index >= 15 is 0 Å². The first-order valence-electron chi connectivity index (χ1n) is 7.95. The number of ether oxygens (including phenoxy) is 3. The van der Waals surface area contributed by atoms with Crippen molar-refractivity contribution in [2.45, 2.75) is 26.8 Å². The van der Waals surface area contributed by atoms with E-state index in [0.717, 1.165) is 10.5 Å². The predicted molar refractivity (Wildman–Crippen MR) is 96.8 cm³/mol. The van der Waals surface area contributed by atoms with Crippen molar-refractivity contribution < 1.29 is 27.5 Å². The van der Waals surface area contributed by atoms with Crippen LogP contribution in [-0.2, 0) is 27.5 Å². The minimum absolute atomic E-state index is 0.486. The maximum Gasteiger partial charge on any atom is 0.501 e. The molecule has 0 unspecified atom stereocenters. The second kappa shape index (κ2) is 16.6. The summed E-state index contributed by atoms with van der Waals surface area (Å²) >= 11 is 2.32. The van der Waals surface area contributed by atoms with E-state index in [2.05, 4.69) is 22.6 Å². The molecule has 0 aliphatic heterocycles. The van der Waals surface area contributed by atoms with Crippen LogP contribution in [0, 0.1) is 0 Å². The van der Waals surface area contributed by atoms with Crippen LogP contribution in [0.15, 0.2) is 0 Å². The van der Waals surface area contributed by atoms with Gasteiger partial charge < -0.3 is 27.5 Å². The fourth-order valence-electron chi connectivity index (χ4n) is 1.66. The largest absolute Gasteiger partial charge is 0.501 e. The van der Waals surface area contributed by atoms with Crippen molar-refractivity contribution in [1.29, 1.82) is 0 Å². The van der Waals surface area contributed by atoms with Gasteiger partial charge in [-0.2, -0.15) is 0 Å². The third-order valence-corrected chi connectivity index (χ3v) is 7.01. The van der Waals surface area contributed by atoms with Gasteiger partial charge in [0.1, 0.15) is 0 Å². The van der Waals surface area contributed by atoms with Gasteiger partial charge in [-0.1, -0.05) is 22.6 Å². The van der Waals surface area contributed by atoms with Gasteiger partial charge in [0.2, 0.25) is 0 Å². The van der Waals surface area contributed by atoms with Gasteiger partial charge in [0, 0.05) is 30.3 Å². The summed E-state index contributed by atoms with van der Waals surface area (Å²) in [5, 5.41) is 0. The summed E-state index contributed by atoms with van der Waals surface area (Å²) in [5.74, 6) is 0. The molecule has 0 aromatic carbocycles. The zero-order valence-corrected chi connectivity index (χ0v) is 17.3. The average Bonchev–Trinajstić information content (AvgIpc) is 2.53. The van der Waals surface area contributed by atoms with Crippen molar-refractivity contribution in [3.05, 3.63) is 0 Å². The van der Waals surface area contributed by atoms with Gasteiger partial charge in [-0.25, -0.2) is 0 Å². The summed E-state index contributed by atoms with van der Waals surface area (Å²) < 4.78 is 34.9. The lowest BCUT2D eigenvalue weighted by Crippen LogP contribution is -2.48. The molecule has 0 N–H and O–H groups in total. The minimum Gasteiger partial charge on any atom is -0.379 e. The number of alkyl halides is 1. The molecule has 0 aliphatic carbocycles. The summed E-state index contributed by atoms with van der Waals surface area (Å²) in [7, 11) is -2.69. The molecule has 22 heavy (non-hydrogen) atoms. The van der Waals surface area contributed by atoms with E-state index in [1.165, 1.54) is 0 Å². The van der Waals surface area contributed by atoms with Crippen molar-refractivity contribution in [3.8, 4) is 0 Å². The van der Waals surface area contributed by atoms with Crippen LogP contribution in [-0.4, -0.2) is 72.7 Å². The zero-order valence-electron chi connectivity index (χ0n) is 14.1. The number of rotatable bonds is 17. The number of hydrogen-bond acceptors (Lipinski definition) is 6. The summed E-state index contributed by atoms with van der Waals surface area (Å²) in [4.78, 5) is 0. The van der Waals surface area contributed by atoms with E-state index in [9.17, 15) is 0 Å². The lowest BCUT2D eigenvalue weighted by molar-refractivity contribution is 0.00445. The molecule has 0 aliphatic rings. The number of hydrogen-bond donors (Lipinski definition) is 0. The van der Waals surface area contributed by atoms with Crippen molar-refractivity contribution in [2.24, 2.45) is 0 Å². The van der Waals surface area contributed by atoms with E-state index in [1.54, 1.807) is 0 Å². The predicted octanol–water partition coefficient (Wildman–Crippen LogP) is 2.52. The second-order valence-corrected chi connectivity index (χ2v) is 8.07.